The molecule has 0 bridgehead atoms. The summed E-state index contributed by atoms with van der Waals surface area (Å²) in [5, 5.41) is 16.4. The Kier molecular flexibility index (Phi) is 5.97. The number of nitrogens with zero attached hydrogens (tertiary/aromatic N) is 5. The third-order valence-electron chi connectivity index (χ3n) is 6.84. The molecule has 9 heteroatoms. The lowest BCUT2D eigenvalue weighted by Crippen LogP contribution is -2.47. The first kappa shape index (κ1) is 21.2. The second kappa shape index (κ2) is 9.03. The summed E-state index contributed by atoms with van der Waals surface area (Å²) in [5.41, 5.74) is 1.85. The highest BCUT2D eigenvalue weighted by atomic mass is 35.5. The van der Waals surface area contributed by atoms with E-state index in [1.165, 1.54) is 5.56 Å². The number of hydrogen-bond acceptors (Lipinski definition) is 6. The molecule has 0 spiro atoms. The first-order chi connectivity index (χ1) is 15.6. The minimum atomic E-state index is -0.0998. The van der Waals surface area contributed by atoms with Crippen molar-refractivity contribution in [1.29, 1.82) is 0 Å². The molecule has 1 amide bonds. The van der Waals surface area contributed by atoms with Gasteiger partial charge in [0.15, 0.2) is 5.65 Å². The number of aromatic nitrogens is 4. The molecule has 4 heterocycles. The van der Waals surface area contributed by atoms with E-state index in [2.05, 4.69) is 37.6 Å². The Balaban J connectivity index is 1.20. The van der Waals surface area contributed by atoms with E-state index >= 15 is 0 Å². The molecule has 5 rings (SSSR count). The van der Waals surface area contributed by atoms with Crippen LogP contribution in [0.3, 0.4) is 0 Å². The molecule has 2 aromatic heterocycles. The summed E-state index contributed by atoms with van der Waals surface area (Å²) in [6, 6.07) is 11.9. The lowest BCUT2D eigenvalue weighted by Gasteiger charge is -2.39. The zero-order valence-corrected chi connectivity index (χ0v) is 18.7. The maximum Gasteiger partial charge on any atom is 0.223 e. The van der Waals surface area contributed by atoms with Gasteiger partial charge < -0.3 is 15.0 Å². The van der Waals surface area contributed by atoms with Gasteiger partial charge in [0.25, 0.3) is 0 Å². The molecule has 0 saturated carbocycles. The van der Waals surface area contributed by atoms with Gasteiger partial charge in [-0.05, 0) is 55.5 Å². The molecule has 3 aromatic rings. The highest BCUT2D eigenvalue weighted by molar-refractivity contribution is 6.30. The van der Waals surface area contributed by atoms with Gasteiger partial charge in [0, 0.05) is 49.2 Å². The maximum atomic E-state index is 13.0. The highest BCUT2D eigenvalue weighted by Gasteiger charge is 2.36. The summed E-state index contributed by atoms with van der Waals surface area (Å²) < 4.78 is 7.29. The van der Waals surface area contributed by atoms with Crippen LogP contribution in [0.5, 0.6) is 0 Å². The number of hydrogen-bond donors (Lipinski definition) is 1. The van der Waals surface area contributed by atoms with Crippen molar-refractivity contribution in [3.63, 3.8) is 0 Å². The second-order valence-corrected chi connectivity index (χ2v) is 9.14. The predicted octanol–water partition coefficient (Wildman–Crippen LogP) is 2.86. The number of ether oxygens (including phenoxy) is 1. The Hall–Kier alpha value is -2.71. The van der Waals surface area contributed by atoms with Gasteiger partial charge in [-0.2, -0.15) is 4.52 Å². The Morgan fingerprint density at radius 1 is 1.12 bits per heavy atom. The molecule has 0 radical (unpaired) electrons. The molecule has 1 aromatic carbocycles. The Morgan fingerprint density at radius 3 is 2.62 bits per heavy atom. The summed E-state index contributed by atoms with van der Waals surface area (Å²) in [5.74, 6) is 1.05. The molecular formula is C23H27ClN6O2. The number of amides is 1. The summed E-state index contributed by atoms with van der Waals surface area (Å²) in [4.78, 5) is 15.3. The van der Waals surface area contributed by atoms with Gasteiger partial charge in [0.1, 0.15) is 12.1 Å². The van der Waals surface area contributed by atoms with Crippen molar-refractivity contribution in [3.8, 4) is 0 Å². The van der Waals surface area contributed by atoms with Crippen LogP contribution in [0.25, 0.3) is 5.65 Å². The van der Waals surface area contributed by atoms with Gasteiger partial charge in [0.05, 0.1) is 0 Å². The van der Waals surface area contributed by atoms with Crippen LogP contribution < -0.4 is 10.2 Å². The molecule has 2 aliphatic rings. The Labute approximate surface area is 191 Å². The van der Waals surface area contributed by atoms with E-state index in [0.717, 1.165) is 55.3 Å². The zero-order chi connectivity index (χ0) is 22.0. The fourth-order valence-corrected chi connectivity index (χ4v) is 4.92. The fourth-order valence-electron chi connectivity index (χ4n) is 4.79. The monoisotopic (exact) mass is 454 g/mol. The van der Waals surface area contributed by atoms with Crippen molar-refractivity contribution in [1.82, 2.24) is 25.1 Å². The molecule has 0 atom stereocenters. The number of piperidine rings is 1. The SMILES string of the molecule is O=C(NCC1(c2ccc(Cl)cc2)CCOCC1)C1CCN(c2ccc3nncn3n2)CC1. The minimum absolute atomic E-state index is 0.0204. The topological polar surface area (TPSA) is 84.6 Å². The van der Waals surface area contributed by atoms with Gasteiger partial charge >= 0.3 is 0 Å². The first-order valence-electron chi connectivity index (χ1n) is 11.2. The van der Waals surface area contributed by atoms with Gasteiger partial charge in [-0.1, -0.05) is 23.7 Å². The number of carbonyl (C=O) groups excluding carboxylic acids is 1. The van der Waals surface area contributed by atoms with E-state index in [4.69, 9.17) is 16.3 Å². The molecule has 8 nitrogen and oxygen atoms in total. The van der Waals surface area contributed by atoms with Crippen molar-refractivity contribution < 1.29 is 9.53 Å². The van der Waals surface area contributed by atoms with E-state index in [9.17, 15) is 4.79 Å². The lowest BCUT2D eigenvalue weighted by atomic mass is 9.74. The predicted molar refractivity (Wildman–Crippen MR) is 122 cm³/mol. The minimum Gasteiger partial charge on any atom is -0.381 e. The van der Waals surface area contributed by atoms with Gasteiger partial charge in [-0.3, -0.25) is 4.79 Å². The van der Waals surface area contributed by atoms with Crippen LogP contribution in [0.4, 0.5) is 5.82 Å². The van der Waals surface area contributed by atoms with E-state index in [1.807, 2.05) is 24.3 Å². The van der Waals surface area contributed by atoms with Crippen LogP contribution in [0.2, 0.25) is 5.02 Å². The highest BCUT2D eigenvalue weighted by Crippen LogP contribution is 2.35. The number of carbonyl (C=O) groups is 1. The molecule has 2 fully saturated rings. The van der Waals surface area contributed by atoms with Crippen molar-refractivity contribution in [3.05, 3.63) is 53.3 Å². The van der Waals surface area contributed by atoms with E-state index < -0.39 is 0 Å². The third kappa shape index (κ3) is 4.29. The van der Waals surface area contributed by atoms with Crippen molar-refractivity contribution in [2.45, 2.75) is 31.1 Å². The normalized spacial score (nSPS) is 19.2. The maximum absolute atomic E-state index is 13.0. The number of halogens is 1. The molecule has 0 aliphatic carbocycles. The zero-order valence-electron chi connectivity index (χ0n) is 17.9. The average molecular weight is 455 g/mol. The van der Waals surface area contributed by atoms with Gasteiger partial charge in [-0.25, -0.2) is 0 Å². The molecular weight excluding hydrogens is 428 g/mol. The fraction of sp³-hybridized carbons (Fsp3) is 0.478. The van der Waals surface area contributed by atoms with Crippen molar-refractivity contribution in [2.24, 2.45) is 5.92 Å². The summed E-state index contributed by atoms with van der Waals surface area (Å²) >= 11 is 6.09. The summed E-state index contributed by atoms with van der Waals surface area (Å²) in [7, 11) is 0. The Bertz CT molecular complexity index is 1070. The number of fused-ring (bicyclic) bond motifs is 1. The molecule has 0 unspecified atom stereocenters. The van der Waals surface area contributed by atoms with Crippen molar-refractivity contribution >= 4 is 29.0 Å². The van der Waals surface area contributed by atoms with E-state index in [0.29, 0.717) is 19.8 Å². The summed E-state index contributed by atoms with van der Waals surface area (Å²) in [6.07, 6.45) is 5.01. The van der Waals surface area contributed by atoms with Crippen LogP contribution in [0.15, 0.2) is 42.7 Å². The van der Waals surface area contributed by atoms with Crippen LogP contribution in [0.1, 0.15) is 31.2 Å². The van der Waals surface area contributed by atoms with Crippen LogP contribution in [0, 0.1) is 5.92 Å². The van der Waals surface area contributed by atoms with Gasteiger partial charge in [-0.15, -0.1) is 15.3 Å². The molecule has 2 aliphatic heterocycles. The Morgan fingerprint density at radius 2 is 1.88 bits per heavy atom. The summed E-state index contributed by atoms with van der Waals surface area (Å²) in [6.45, 7) is 3.65. The molecule has 32 heavy (non-hydrogen) atoms. The number of rotatable bonds is 5. The largest absolute Gasteiger partial charge is 0.381 e. The molecule has 1 N–H and O–H groups in total. The number of benzene rings is 1. The van der Waals surface area contributed by atoms with Gasteiger partial charge in [0.2, 0.25) is 5.91 Å². The smallest absolute Gasteiger partial charge is 0.223 e. The molecule has 2 saturated heterocycles. The van der Waals surface area contributed by atoms with E-state index in [-0.39, 0.29) is 17.2 Å². The quantitative estimate of drug-likeness (QED) is 0.638. The first-order valence-corrected chi connectivity index (χ1v) is 11.5. The third-order valence-corrected chi connectivity index (χ3v) is 7.10. The van der Waals surface area contributed by atoms with Crippen LogP contribution in [-0.2, 0) is 14.9 Å². The molecule has 168 valence electrons. The standard InChI is InChI=1S/C23H27ClN6O2/c24-19-3-1-18(2-4-19)23(9-13-32-14-10-23)15-25-22(31)17-7-11-29(12-8-17)21-6-5-20-27-26-16-30(20)28-21/h1-6,16-17H,7-15H2,(H,25,31). The average Bonchev–Trinajstić information content (AvgIpc) is 3.32. The van der Waals surface area contributed by atoms with Crippen LogP contribution >= 0.6 is 11.6 Å². The second-order valence-electron chi connectivity index (χ2n) is 8.70. The lowest BCUT2D eigenvalue weighted by molar-refractivity contribution is -0.126. The van der Waals surface area contributed by atoms with E-state index in [1.54, 1.807) is 10.8 Å². The van der Waals surface area contributed by atoms with Crippen LogP contribution in [-0.4, -0.2) is 58.6 Å². The number of nitrogens with one attached hydrogen (secondary N) is 1. The van der Waals surface area contributed by atoms with Crippen molar-refractivity contribution in [2.75, 3.05) is 37.7 Å². The number of anilines is 1.